The number of hydrogen-bond acceptors (Lipinski definition) is 4. The normalized spacial score (nSPS) is 12.3. The molecule has 2 aromatic heterocycles. The molecule has 0 saturated heterocycles. The number of rotatable bonds is 3. The van der Waals surface area contributed by atoms with Crippen LogP contribution in [0.4, 0.5) is 0 Å². The van der Waals surface area contributed by atoms with Gasteiger partial charge in [0.1, 0.15) is 5.75 Å². The zero-order valence-corrected chi connectivity index (χ0v) is 11.2. The Balaban J connectivity index is 1.85. The van der Waals surface area contributed by atoms with Crippen LogP contribution in [0.25, 0.3) is 10.9 Å². The van der Waals surface area contributed by atoms with Crippen molar-refractivity contribution in [2.24, 2.45) is 5.73 Å². The third-order valence-corrected chi connectivity index (χ3v) is 3.08. The predicted octanol–water partition coefficient (Wildman–Crippen LogP) is 3.44. The Morgan fingerprint density at radius 3 is 2.75 bits per heavy atom. The zero-order chi connectivity index (χ0) is 13.9. The molecule has 2 N–H and O–H groups in total. The fourth-order valence-corrected chi connectivity index (χ4v) is 1.95. The van der Waals surface area contributed by atoms with Crippen molar-refractivity contribution < 1.29 is 4.74 Å². The lowest BCUT2D eigenvalue weighted by Crippen LogP contribution is -2.05. The summed E-state index contributed by atoms with van der Waals surface area (Å²) in [6, 6.07) is 13.4. The fraction of sp³-hybridized carbons (Fsp3) is 0.125. The van der Waals surface area contributed by atoms with Crippen molar-refractivity contribution in [3.05, 3.63) is 60.4 Å². The van der Waals surface area contributed by atoms with E-state index in [9.17, 15) is 0 Å². The molecule has 2 heterocycles. The minimum atomic E-state index is -0.0265. The van der Waals surface area contributed by atoms with Gasteiger partial charge in [0.15, 0.2) is 0 Å². The third kappa shape index (κ3) is 2.60. The Morgan fingerprint density at radius 2 is 2.00 bits per heavy atom. The van der Waals surface area contributed by atoms with E-state index < -0.39 is 0 Å². The number of pyridine rings is 2. The van der Waals surface area contributed by atoms with Crippen molar-refractivity contribution >= 4 is 10.9 Å². The lowest BCUT2D eigenvalue weighted by molar-refractivity contribution is 0.463. The number of aromatic nitrogens is 2. The van der Waals surface area contributed by atoms with E-state index in [1.54, 1.807) is 12.4 Å². The minimum Gasteiger partial charge on any atom is -0.439 e. The first-order valence-electron chi connectivity index (χ1n) is 6.46. The SMILES string of the molecule is C[C@H](N)c1ccc(Oc2ccc3cccnc3c2)nc1. The van der Waals surface area contributed by atoms with E-state index in [-0.39, 0.29) is 6.04 Å². The van der Waals surface area contributed by atoms with E-state index in [0.29, 0.717) is 5.88 Å². The number of nitrogens with two attached hydrogens (primary N) is 1. The molecule has 1 atom stereocenters. The third-order valence-electron chi connectivity index (χ3n) is 3.08. The fourth-order valence-electron chi connectivity index (χ4n) is 1.95. The highest BCUT2D eigenvalue weighted by atomic mass is 16.5. The largest absolute Gasteiger partial charge is 0.439 e. The Kier molecular flexibility index (Phi) is 3.31. The molecule has 100 valence electrons. The molecule has 0 aliphatic carbocycles. The molecule has 3 aromatic rings. The smallest absolute Gasteiger partial charge is 0.219 e. The van der Waals surface area contributed by atoms with Gasteiger partial charge in [-0.05, 0) is 30.7 Å². The van der Waals surface area contributed by atoms with Gasteiger partial charge in [-0.1, -0.05) is 12.1 Å². The molecule has 3 rings (SSSR count). The monoisotopic (exact) mass is 265 g/mol. The van der Waals surface area contributed by atoms with E-state index >= 15 is 0 Å². The number of benzene rings is 1. The first kappa shape index (κ1) is 12.6. The molecule has 20 heavy (non-hydrogen) atoms. The van der Waals surface area contributed by atoms with Gasteiger partial charge in [-0.3, -0.25) is 4.98 Å². The first-order valence-corrected chi connectivity index (χ1v) is 6.46. The van der Waals surface area contributed by atoms with Crippen LogP contribution in [-0.4, -0.2) is 9.97 Å². The molecule has 0 bridgehead atoms. The number of nitrogens with zero attached hydrogens (tertiary/aromatic N) is 2. The van der Waals surface area contributed by atoms with Gasteiger partial charge >= 0.3 is 0 Å². The van der Waals surface area contributed by atoms with Crippen molar-refractivity contribution in [2.45, 2.75) is 13.0 Å². The van der Waals surface area contributed by atoms with E-state index in [1.807, 2.05) is 49.4 Å². The molecule has 0 saturated carbocycles. The first-order chi connectivity index (χ1) is 9.72. The molecule has 0 amide bonds. The molecule has 0 spiro atoms. The van der Waals surface area contributed by atoms with Gasteiger partial charge in [-0.25, -0.2) is 4.98 Å². The van der Waals surface area contributed by atoms with Crippen LogP contribution in [-0.2, 0) is 0 Å². The predicted molar refractivity (Wildman–Crippen MR) is 78.7 cm³/mol. The summed E-state index contributed by atoms with van der Waals surface area (Å²) < 4.78 is 5.73. The average molecular weight is 265 g/mol. The van der Waals surface area contributed by atoms with Gasteiger partial charge in [-0.15, -0.1) is 0 Å². The van der Waals surface area contributed by atoms with Gasteiger partial charge in [0.05, 0.1) is 5.52 Å². The Hall–Kier alpha value is -2.46. The molecule has 4 nitrogen and oxygen atoms in total. The summed E-state index contributed by atoms with van der Waals surface area (Å²) in [5.74, 6) is 1.27. The van der Waals surface area contributed by atoms with Crippen LogP contribution >= 0.6 is 0 Å². The number of ether oxygens (including phenoxy) is 1. The zero-order valence-electron chi connectivity index (χ0n) is 11.2. The molecule has 4 heteroatoms. The molecule has 0 unspecified atom stereocenters. The highest BCUT2D eigenvalue weighted by Crippen LogP contribution is 2.23. The maximum Gasteiger partial charge on any atom is 0.219 e. The topological polar surface area (TPSA) is 61.0 Å². The molecule has 0 fully saturated rings. The molecule has 1 aromatic carbocycles. The minimum absolute atomic E-state index is 0.0265. The van der Waals surface area contributed by atoms with Crippen LogP contribution in [0.2, 0.25) is 0 Å². The number of hydrogen-bond donors (Lipinski definition) is 1. The molecular weight excluding hydrogens is 250 g/mol. The van der Waals surface area contributed by atoms with Gasteiger partial charge in [-0.2, -0.15) is 0 Å². The maximum absolute atomic E-state index is 5.79. The Labute approximate surface area is 117 Å². The van der Waals surface area contributed by atoms with Crippen LogP contribution in [0.1, 0.15) is 18.5 Å². The van der Waals surface area contributed by atoms with E-state index in [0.717, 1.165) is 22.2 Å². The summed E-state index contributed by atoms with van der Waals surface area (Å²) in [5, 5.41) is 1.08. The Morgan fingerprint density at radius 1 is 1.10 bits per heavy atom. The van der Waals surface area contributed by atoms with Gasteiger partial charge in [0, 0.05) is 36.0 Å². The standard InChI is InChI=1S/C16H15N3O/c1-11(17)13-5-7-16(19-10-13)20-14-6-4-12-3-2-8-18-15(12)9-14/h2-11H,17H2,1H3/t11-/m0/s1. The molecule has 0 aliphatic heterocycles. The summed E-state index contributed by atoms with van der Waals surface area (Å²) in [6.45, 7) is 1.92. The van der Waals surface area contributed by atoms with Crippen molar-refractivity contribution in [1.29, 1.82) is 0 Å². The van der Waals surface area contributed by atoms with Gasteiger partial charge < -0.3 is 10.5 Å². The van der Waals surface area contributed by atoms with E-state index in [4.69, 9.17) is 10.5 Å². The van der Waals surface area contributed by atoms with Crippen molar-refractivity contribution in [3.63, 3.8) is 0 Å². The summed E-state index contributed by atoms with van der Waals surface area (Å²) in [4.78, 5) is 8.56. The van der Waals surface area contributed by atoms with Gasteiger partial charge in [0.2, 0.25) is 5.88 Å². The summed E-state index contributed by atoms with van der Waals surface area (Å²) >= 11 is 0. The lowest BCUT2D eigenvalue weighted by Gasteiger charge is -2.08. The van der Waals surface area contributed by atoms with Crippen LogP contribution in [0.5, 0.6) is 11.6 Å². The summed E-state index contributed by atoms with van der Waals surface area (Å²) in [5.41, 5.74) is 7.67. The highest BCUT2D eigenvalue weighted by Gasteiger charge is 2.03. The Bertz CT molecular complexity index is 723. The quantitative estimate of drug-likeness (QED) is 0.788. The second kappa shape index (κ2) is 5.27. The lowest BCUT2D eigenvalue weighted by atomic mass is 10.2. The van der Waals surface area contributed by atoms with Crippen LogP contribution < -0.4 is 10.5 Å². The maximum atomic E-state index is 5.79. The molecular formula is C16H15N3O. The highest BCUT2D eigenvalue weighted by molar-refractivity contribution is 5.79. The average Bonchev–Trinajstić information content (AvgIpc) is 2.48. The van der Waals surface area contributed by atoms with Crippen molar-refractivity contribution in [1.82, 2.24) is 9.97 Å². The van der Waals surface area contributed by atoms with Gasteiger partial charge in [0.25, 0.3) is 0 Å². The van der Waals surface area contributed by atoms with Crippen molar-refractivity contribution in [3.8, 4) is 11.6 Å². The molecule has 0 aliphatic rings. The van der Waals surface area contributed by atoms with Crippen LogP contribution in [0.3, 0.4) is 0 Å². The summed E-state index contributed by atoms with van der Waals surface area (Å²) in [7, 11) is 0. The molecule has 0 radical (unpaired) electrons. The van der Waals surface area contributed by atoms with E-state index in [1.165, 1.54) is 0 Å². The van der Waals surface area contributed by atoms with Crippen LogP contribution in [0, 0.1) is 0 Å². The van der Waals surface area contributed by atoms with Crippen LogP contribution in [0.15, 0.2) is 54.9 Å². The van der Waals surface area contributed by atoms with Crippen molar-refractivity contribution in [2.75, 3.05) is 0 Å². The second-order valence-electron chi connectivity index (χ2n) is 4.68. The summed E-state index contributed by atoms with van der Waals surface area (Å²) in [6.07, 6.45) is 3.50. The second-order valence-corrected chi connectivity index (χ2v) is 4.68. The number of fused-ring (bicyclic) bond motifs is 1. The van der Waals surface area contributed by atoms with E-state index in [2.05, 4.69) is 9.97 Å².